The minimum atomic E-state index is 0.00750. The van der Waals surface area contributed by atoms with E-state index in [0.29, 0.717) is 18.3 Å². The summed E-state index contributed by atoms with van der Waals surface area (Å²) in [6, 6.07) is 0. The van der Waals surface area contributed by atoms with E-state index < -0.39 is 0 Å². The van der Waals surface area contributed by atoms with Crippen molar-refractivity contribution in [1.82, 2.24) is 4.90 Å². The van der Waals surface area contributed by atoms with Crippen LogP contribution in [0.1, 0.15) is 39.5 Å². The van der Waals surface area contributed by atoms with E-state index in [2.05, 4.69) is 18.7 Å². The van der Waals surface area contributed by atoms with Crippen LogP contribution in [-0.2, 0) is 9.53 Å². The summed E-state index contributed by atoms with van der Waals surface area (Å²) in [5.41, 5.74) is 0. The van der Waals surface area contributed by atoms with Crippen molar-refractivity contribution in [3.63, 3.8) is 0 Å². The van der Waals surface area contributed by atoms with Gasteiger partial charge in [0.15, 0.2) is 0 Å². The summed E-state index contributed by atoms with van der Waals surface area (Å²) in [5.74, 6) is 1.09. The summed E-state index contributed by atoms with van der Waals surface area (Å²) in [7, 11) is 0. The van der Waals surface area contributed by atoms with Gasteiger partial charge in [0.25, 0.3) is 0 Å². The lowest BCUT2D eigenvalue weighted by Gasteiger charge is -2.44. The molecule has 3 fully saturated rings. The lowest BCUT2D eigenvalue weighted by Crippen LogP contribution is -2.52. The molecule has 3 nitrogen and oxygen atoms in total. The Balaban J connectivity index is 1.79. The molecular formula is C13H23NO2. The smallest absolute Gasteiger partial charge is 0.306 e. The lowest BCUT2D eigenvalue weighted by molar-refractivity contribution is -0.159. The van der Waals surface area contributed by atoms with Crippen molar-refractivity contribution < 1.29 is 9.53 Å². The number of ether oxygens (including phenoxy) is 1. The predicted octanol–water partition coefficient (Wildman–Crippen LogP) is 2.06. The average molecular weight is 225 g/mol. The standard InChI is InChI=1S/C13H23NO2/c1-3-10(2)8-13(15)16-12-9-14-6-4-11(12)5-7-14/h10-12H,3-9H2,1-2H3/t10?,12-/m0/s1. The lowest BCUT2D eigenvalue weighted by atomic mass is 9.86. The van der Waals surface area contributed by atoms with E-state index in [9.17, 15) is 4.79 Å². The molecular weight excluding hydrogens is 202 g/mol. The third-order valence-corrected chi connectivity index (χ3v) is 4.09. The molecule has 3 heteroatoms. The largest absolute Gasteiger partial charge is 0.461 e. The van der Waals surface area contributed by atoms with Crippen molar-refractivity contribution >= 4 is 5.97 Å². The SMILES string of the molecule is CCC(C)CC(=O)O[C@H]1CN2CCC1CC2. The molecule has 3 rings (SSSR count). The minimum Gasteiger partial charge on any atom is -0.461 e. The molecule has 3 saturated heterocycles. The van der Waals surface area contributed by atoms with Gasteiger partial charge in [-0.05, 0) is 37.8 Å². The fourth-order valence-corrected chi connectivity index (χ4v) is 2.69. The molecule has 3 aliphatic rings. The Hall–Kier alpha value is -0.570. The summed E-state index contributed by atoms with van der Waals surface area (Å²) in [6.07, 6.45) is 4.23. The van der Waals surface area contributed by atoms with Gasteiger partial charge in [-0.3, -0.25) is 9.69 Å². The fraction of sp³-hybridized carbons (Fsp3) is 0.923. The predicted molar refractivity (Wildman–Crippen MR) is 63.1 cm³/mol. The molecule has 3 aliphatic heterocycles. The van der Waals surface area contributed by atoms with Crippen LogP contribution in [0.3, 0.4) is 0 Å². The second-order valence-corrected chi connectivity index (χ2v) is 5.38. The average Bonchev–Trinajstić information content (AvgIpc) is 2.30. The maximum atomic E-state index is 11.7. The first kappa shape index (κ1) is 11.9. The van der Waals surface area contributed by atoms with Gasteiger partial charge in [-0.2, -0.15) is 0 Å². The van der Waals surface area contributed by atoms with Crippen LogP contribution in [0.25, 0.3) is 0 Å². The molecule has 0 aromatic heterocycles. The van der Waals surface area contributed by atoms with Crippen molar-refractivity contribution in [2.24, 2.45) is 11.8 Å². The molecule has 0 saturated carbocycles. The number of piperidine rings is 3. The first-order chi connectivity index (χ1) is 7.69. The first-order valence-corrected chi connectivity index (χ1v) is 6.61. The number of carbonyl (C=O) groups excluding carboxylic acids is 1. The summed E-state index contributed by atoms with van der Waals surface area (Å²) < 4.78 is 5.62. The third kappa shape index (κ3) is 2.76. The molecule has 1 unspecified atom stereocenters. The third-order valence-electron chi connectivity index (χ3n) is 4.09. The number of fused-ring (bicyclic) bond motifs is 3. The monoisotopic (exact) mass is 225 g/mol. The van der Waals surface area contributed by atoms with Crippen LogP contribution in [-0.4, -0.2) is 36.6 Å². The van der Waals surface area contributed by atoms with Crippen LogP contribution < -0.4 is 0 Å². The zero-order valence-electron chi connectivity index (χ0n) is 10.4. The maximum Gasteiger partial charge on any atom is 0.306 e. The number of rotatable bonds is 4. The highest BCUT2D eigenvalue weighted by molar-refractivity contribution is 5.69. The molecule has 3 heterocycles. The van der Waals surface area contributed by atoms with Gasteiger partial charge in [0.1, 0.15) is 6.10 Å². The van der Waals surface area contributed by atoms with Crippen LogP contribution >= 0.6 is 0 Å². The van der Waals surface area contributed by atoms with Gasteiger partial charge in [0, 0.05) is 13.0 Å². The highest BCUT2D eigenvalue weighted by Crippen LogP contribution is 2.29. The number of hydrogen-bond acceptors (Lipinski definition) is 3. The number of nitrogens with zero attached hydrogens (tertiary/aromatic N) is 1. The van der Waals surface area contributed by atoms with Gasteiger partial charge >= 0.3 is 5.97 Å². The molecule has 0 aromatic carbocycles. The van der Waals surface area contributed by atoms with Crippen LogP contribution in [0.2, 0.25) is 0 Å². The quantitative estimate of drug-likeness (QED) is 0.686. The second-order valence-electron chi connectivity index (χ2n) is 5.38. The zero-order chi connectivity index (χ0) is 11.5. The molecule has 16 heavy (non-hydrogen) atoms. The summed E-state index contributed by atoms with van der Waals surface area (Å²) in [4.78, 5) is 14.1. The Morgan fingerprint density at radius 1 is 1.44 bits per heavy atom. The Bertz CT molecular complexity index is 246. The van der Waals surface area contributed by atoms with E-state index in [4.69, 9.17) is 4.74 Å². The molecule has 0 amide bonds. The summed E-state index contributed by atoms with van der Waals surface area (Å²) in [6.45, 7) is 7.59. The molecule has 2 bridgehead atoms. The van der Waals surface area contributed by atoms with E-state index in [1.165, 1.54) is 25.9 Å². The molecule has 0 aliphatic carbocycles. The van der Waals surface area contributed by atoms with Crippen LogP contribution in [0.5, 0.6) is 0 Å². The van der Waals surface area contributed by atoms with Gasteiger partial charge in [-0.25, -0.2) is 0 Å². The van der Waals surface area contributed by atoms with Gasteiger partial charge in [0.05, 0.1) is 0 Å². The number of esters is 1. The van der Waals surface area contributed by atoms with Crippen molar-refractivity contribution in [2.75, 3.05) is 19.6 Å². The highest BCUT2D eigenvalue weighted by atomic mass is 16.5. The van der Waals surface area contributed by atoms with E-state index in [0.717, 1.165) is 13.0 Å². The minimum absolute atomic E-state index is 0.00750. The van der Waals surface area contributed by atoms with E-state index in [-0.39, 0.29) is 12.1 Å². The van der Waals surface area contributed by atoms with Gasteiger partial charge < -0.3 is 4.74 Å². The van der Waals surface area contributed by atoms with Crippen molar-refractivity contribution in [2.45, 2.75) is 45.6 Å². The Labute approximate surface area is 98.1 Å². The van der Waals surface area contributed by atoms with E-state index >= 15 is 0 Å². The van der Waals surface area contributed by atoms with Gasteiger partial charge in [-0.1, -0.05) is 20.3 Å². The van der Waals surface area contributed by atoms with E-state index in [1.54, 1.807) is 0 Å². The van der Waals surface area contributed by atoms with Gasteiger partial charge in [-0.15, -0.1) is 0 Å². The summed E-state index contributed by atoms with van der Waals surface area (Å²) in [5, 5.41) is 0. The Morgan fingerprint density at radius 3 is 2.62 bits per heavy atom. The molecule has 0 aromatic rings. The normalized spacial score (nSPS) is 34.8. The van der Waals surface area contributed by atoms with Crippen molar-refractivity contribution in [3.05, 3.63) is 0 Å². The Morgan fingerprint density at radius 2 is 2.12 bits per heavy atom. The van der Waals surface area contributed by atoms with E-state index in [1.807, 2.05) is 0 Å². The Kier molecular flexibility index (Phi) is 3.85. The second kappa shape index (κ2) is 5.17. The maximum absolute atomic E-state index is 11.7. The molecule has 0 N–H and O–H groups in total. The van der Waals surface area contributed by atoms with Crippen LogP contribution in [0.15, 0.2) is 0 Å². The molecule has 92 valence electrons. The summed E-state index contributed by atoms with van der Waals surface area (Å²) >= 11 is 0. The number of hydrogen-bond donors (Lipinski definition) is 0. The number of carbonyl (C=O) groups is 1. The fourth-order valence-electron chi connectivity index (χ4n) is 2.69. The van der Waals surface area contributed by atoms with Crippen LogP contribution in [0, 0.1) is 11.8 Å². The first-order valence-electron chi connectivity index (χ1n) is 6.61. The van der Waals surface area contributed by atoms with Crippen molar-refractivity contribution in [1.29, 1.82) is 0 Å². The molecule has 2 atom stereocenters. The van der Waals surface area contributed by atoms with Crippen molar-refractivity contribution in [3.8, 4) is 0 Å². The highest BCUT2D eigenvalue weighted by Gasteiger charge is 2.36. The molecule has 0 radical (unpaired) electrons. The topological polar surface area (TPSA) is 29.5 Å². The van der Waals surface area contributed by atoms with Gasteiger partial charge in [0.2, 0.25) is 0 Å². The zero-order valence-corrected chi connectivity index (χ0v) is 10.4. The van der Waals surface area contributed by atoms with Crippen LogP contribution in [0.4, 0.5) is 0 Å². The molecule has 0 spiro atoms.